The molecule has 1 aliphatic heterocycles. The van der Waals surface area contributed by atoms with E-state index in [1.54, 1.807) is 4.90 Å². The van der Waals surface area contributed by atoms with Gasteiger partial charge in [-0.05, 0) is 24.7 Å². The summed E-state index contributed by atoms with van der Waals surface area (Å²) in [6, 6.07) is 0. The van der Waals surface area contributed by atoms with Gasteiger partial charge < -0.3 is 10.2 Å². The van der Waals surface area contributed by atoms with Crippen molar-refractivity contribution in [3.63, 3.8) is 0 Å². The topological polar surface area (TPSA) is 49.4 Å². The molecule has 0 bridgehead atoms. The van der Waals surface area contributed by atoms with Gasteiger partial charge in [0.2, 0.25) is 11.8 Å². The van der Waals surface area contributed by atoms with Crippen molar-refractivity contribution in [1.29, 1.82) is 0 Å². The summed E-state index contributed by atoms with van der Waals surface area (Å²) in [4.78, 5) is 24.5. The van der Waals surface area contributed by atoms with E-state index >= 15 is 0 Å². The summed E-state index contributed by atoms with van der Waals surface area (Å²) in [7, 11) is 0. The summed E-state index contributed by atoms with van der Waals surface area (Å²) in [6.45, 7) is 3.50. The predicted octanol–water partition coefficient (Wildman–Crippen LogP) is 0.771. The average molecular weight is 224 g/mol. The lowest BCUT2D eigenvalue weighted by Crippen LogP contribution is -2.52. The van der Waals surface area contributed by atoms with Crippen LogP contribution in [0.25, 0.3) is 0 Å². The second-order valence-corrected chi connectivity index (χ2v) is 5.18. The quantitative estimate of drug-likeness (QED) is 0.753. The molecule has 4 nitrogen and oxygen atoms in total. The molecule has 2 fully saturated rings. The number of amides is 2. The maximum absolute atomic E-state index is 11.6. The maximum Gasteiger partial charge on any atom is 0.242 e. The minimum absolute atomic E-state index is 0.0243. The molecule has 0 aromatic rings. The van der Waals surface area contributed by atoms with Crippen LogP contribution in [0.5, 0.6) is 0 Å². The monoisotopic (exact) mass is 224 g/mol. The van der Waals surface area contributed by atoms with Crippen molar-refractivity contribution in [2.45, 2.75) is 32.6 Å². The first-order valence-electron chi connectivity index (χ1n) is 6.19. The molecule has 4 heteroatoms. The first-order chi connectivity index (χ1) is 7.65. The van der Waals surface area contributed by atoms with Gasteiger partial charge in [0.05, 0.1) is 13.1 Å². The molecule has 2 amide bonds. The minimum atomic E-state index is -0.0243. The third-order valence-corrected chi connectivity index (χ3v) is 3.74. The van der Waals surface area contributed by atoms with Gasteiger partial charge >= 0.3 is 0 Å². The molecular formula is C12H20N2O2. The van der Waals surface area contributed by atoms with Gasteiger partial charge in [0.1, 0.15) is 0 Å². The van der Waals surface area contributed by atoms with Gasteiger partial charge in [0.25, 0.3) is 0 Å². The van der Waals surface area contributed by atoms with E-state index in [2.05, 4.69) is 12.2 Å². The Morgan fingerprint density at radius 1 is 1.25 bits per heavy atom. The highest BCUT2D eigenvalue weighted by molar-refractivity contribution is 5.92. The number of carbonyl (C=O) groups excluding carboxylic acids is 2. The summed E-state index contributed by atoms with van der Waals surface area (Å²) in [5.41, 5.74) is 0. The largest absolute Gasteiger partial charge is 0.345 e. The Balaban J connectivity index is 1.83. The van der Waals surface area contributed by atoms with Crippen LogP contribution in [0.4, 0.5) is 0 Å². The normalized spacial score (nSPS) is 31.4. The third kappa shape index (κ3) is 2.74. The molecule has 0 unspecified atom stereocenters. The maximum atomic E-state index is 11.6. The molecule has 1 saturated carbocycles. The molecule has 16 heavy (non-hydrogen) atoms. The summed E-state index contributed by atoms with van der Waals surface area (Å²) in [5, 5.41) is 2.58. The van der Waals surface area contributed by atoms with Gasteiger partial charge in [-0.2, -0.15) is 0 Å². The fourth-order valence-corrected chi connectivity index (χ4v) is 2.59. The number of nitrogens with one attached hydrogen (secondary N) is 1. The number of hydrogen-bond acceptors (Lipinski definition) is 2. The summed E-state index contributed by atoms with van der Waals surface area (Å²) in [5.74, 6) is 1.48. The van der Waals surface area contributed by atoms with Crippen molar-refractivity contribution >= 4 is 11.8 Å². The highest BCUT2D eigenvalue weighted by Crippen LogP contribution is 2.28. The van der Waals surface area contributed by atoms with Crippen molar-refractivity contribution in [3.05, 3.63) is 0 Å². The Hall–Kier alpha value is -1.06. The van der Waals surface area contributed by atoms with E-state index in [4.69, 9.17) is 0 Å². The van der Waals surface area contributed by atoms with Crippen molar-refractivity contribution in [2.24, 2.45) is 11.8 Å². The van der Waals surface area contributed by atoms with Crippen LogP contribution >= 0.6 is 0 Å². The minimum Gasteiger partial charge on any atom is -0.345 e. The predicted molar refractivity (Wildman–Crippen MR) is 60.7 cm³/mol. The van der Waals surface area contributed by atoms with Crippen LogP contribution in [0.1, 0.15) is 32.6 Å². The van der Waals surface area contributed by atoms with E-state index in [1.165, 1.54) is 25.7 Å². The molecule has 2 rings (SSSR count). The van der Waals surface area contributed by atoms with Crippen LogP contribution in [0.15, 0.2) is 0 Å². The molecule has 0 atom stereocenters. The smallest absolute Gasteiger partial charge is 0.242 e. The molecule has 1 saturated heterocycles. The van der Waals surface area contributed by atoms with Gasteiger partial charge in [-0.25, -0.2) is 0 Å². The van der Waals surface area contributed by atoms with Crippen molar-refractivity contribution in [3.8, 4) is 0 Å². The standard InChI is InChI=1S/C12H20N2O2/c1-9-2-4-10(5-3-9)7-14-8-11(15)13-6-12(14)16/h9-10H,2-8H2,1H3,(H,13,15). The van der Waals surface area contributed by atoms with Gasteiger partial charge in [0.15, 0.2) is 0 Å². The molecular weight excluding hydrogens is 204 g/mol. The van der Waals surface area contributed by atoms with Crippen molar-refractivity contribution < 1.29 is 9.59 Å². The van der Waals surface area contributed by atoms with E-state index in [1.807, 2.05) is 0 Å². The summed E-state index contributed by atoms with van der Waals surface area (Å²) >= 11 is 0. The Morgan fingerprint density at radius 3 is 2.62 bits per heavy atom. The van der Waals surface area contributed by atoms with Crippen molar-refractivity contribution in [1.82, 2.24) is 10.2 Å². The van der Waals surface area contributed by atoms with Crippen molar-refractivity contribution in [2.75, 3.05) is 19.6 Å². The van der Waals surface area contributed by atoms with E-state index in [0.717, 1.165) is 12.5 Å². The number of nitrogens with zero attached hydrogens (tertiary/aromatic N) is 1. The van der Waals surface area contributed by atoms with Crippen LogP contribution in [-0.2, 0) is 9.59 Å². The lowest BCUT2D eigenvalue weighted by Gasteiger charge is -2.33. The first kappa shape index (κ1) is 11.4. The Bertz CT molecular complexity index is 283. The summed E-state index contributed by atoms with van der Waals surface area (Å²) in [6.07, 6.45) is 4.93. The second-order valence-electron chi connectivity index (χ2n) is 5.18. The fourth-order valence-electron chi connectivity index (χ4n) is 2.59. The number of piperazine rings is 1. The van der Waals surface area contributed by atoms with Gasteiger partial charge in [0, 0.05) is 6.54 Å². The Labute approximate surface area is 96.4 Å². The lowest BCUT2D eigenvalue weighted by molar-refractivity contribution is -0.141. The molecule has 0 radical (unpaired) electrons. The van der Waals surface area contributed by atoms with Gasteiger partial charge in [-0.1, -0.05) is 19.8 Å². The Morgan fingerprint density at radius 2 is 1.94 bits per heavy atom. The molecule has 90 valence electrons. The van der Waals surface area contributed by atoms with E-state index in [0.29, 0.717) is 5.92 Å². The van der Waals surface area contributed by atoms with Crippen LogP contribution in [-0.4, -0.2) is 36.3 Å². The highest BCUT2D eigenvalue weighted by Gasteiger charge is 2.27. The van der Waals surface area contributed by atoms with Crippen LogP contribution < -0.4 is 5.32 Å². The molecule has 0 spiro atoms. The zero-order chi connectivity index (χ0) is 11.5. The van der Waals surface area contributed by atoms with E-state index in [-0.39, 0.29) is 24.9 Å². The molecule has 0 aromatic heterocycles. The molecule has 1 aliphatic carbocycles. The van der Waals surface area contributed by atoms with Crippen LogP contribution in [0.3, 0.4) is 0 Å². The zero-order valence-electron chi connectivity index (χ0n) is 9.87. The highest BCUT2D eigenvalue weighted by atomic mass is 16.2. The van der Waals surface area contributed by atoms with E-state index in [9.17, 15) is 9.59 Å². The lowest BCUT2D eigenvalue weighted by atomic mass is 9.83. The second kappa shape index (κ2) is 4.85. The zero-order valence-corrected chi connectivity index (χ0v) is 9.87. The molecule has 2 aliphatic rings. The number of hydrogen-bond donors (Lipinski definition) is 1. The number of carbonyl (C=O) groups is 2. The average Bonchev–Trinajstić information content (AvgIpc) is 2.27. The number of rotatable bonds is 2. The van der Waals surface area contributed by atoms with Crippen LogP contribution in [0, 0.1) is 11.8 Å². The van der Waals surface area contributed by atoms with E-state index < -0.39 is 0 Å². The Kier molecular flexibility index (Phi) is 3.46. The molecule has 1 heterocycles. The summed E-state index contributed by atoms with van der Waals surface area (Å²) < 4.78 is 0. The van der Waals surface area contributed by atoms with Gasteiger partial charge in [-0.3, -0.25) is 9.59 Å². The molecule has 0 aromatic carbocycles. The molecule has 1 N–H and O–H groups in total. The SMILES string of the molecule is CC1CCC(CN2CC(=O)NCC2=O)CC1. The fraction of sp³-hybridized carbons (Fsp3) is 0.833. The third-order valence-electron chi connectivity index (χ3n) is 3.74. The first-order valence-corrected chi connectivity index (χ1v) is 6.19. The van der Waals surface area contributed by atoms with Crippen LogP contribution in [0.2, 0.25) is 0 Å². The van der Waals surface area contributed by atoms with Gasteiger partial charge in [-0.15, -0.1) is 0 Å².